The normalized spacial score (nSPS) is 20.2. The van der Waals surface area contributed by atoms with Gasteiger partial charge in [0.05, 0.1) is 0 Å². The van der Waals surface area contributed by atoms with E-state index in [4.69, 9.17) is 5.53 Å². The van der Waals surface area contributed by atoms with Crippen molar-refractivity contribution < 1.29 is 19.2 Å². The SMILES string of the molecule is [N-]=[N+]=NCCCCCCNC1=CC(=O)N(C2CCC(=O)NC2=O)C1=O. The molecular weight excluding hydrogens is 328 g/mol. The zero-order valence-corrected chi connectivity index (χ0v) is 13.7. The molecule has 2 aliphatic heterocycles. The van der Waals surface area contributed by atoms with E-state index in [9.17, 15) is 19.2 Å². The minimum atomic E-state index is -0.936. The third kappa shape index (κ3) is 4.80. The minimum Gasteiger partial charge on any atom is -0.380 e. The van der Waals surface area contributed by atoms with Crippen LogP contribution in [0.15, 0.2) is 16.9 Å². The Hall–Kier alpha value is -2.87. The number of hydrogen-bond acceptors (Lipinski definition) is 6. The van der Waals surface area contributed by atoms with Crippen LogP contribution in [-0.2, 0) is 19.2 Å². The van der Waals surface area contributed by atoms with E-state index in [2.05, 4.69) is 20.7 Å². The molecule has 0 saturated carbocycles. The Labute approximate surface area is 144 Å². The first-order chi connectivity index (χ1) is 12.0. The molecular formula is C15H20N6O4. The highest BCUT2D eigenvalue weighted by atomic mass is 16.2. The molecule has 1 saturated heterocycles. The second-order valence-corrected chi connectivity index (χ2v) is 5.83. The van der Waals surface area contributed by atoms with Crippen molar-refractivity contribution in [2.24, 2.45) is 5.11 Å². The molecule has 2 aliphatic rings. The van der Waals surface area contributed by atoms with E-state index < -0.39 is 29.7 Å². The van der Waals surface area contributed by atoms with E-state index in [1.165, 1.54) is 6.08 Å². The lowest BCUT2D eigenvalue weighted by molar-refractivity contribution is -0.149. The topological polar surface area (TPSA) is 144 Å². The molecule has 4 amide bonds. The van der Waals surface area contributed by atoms with E-state index in [1.54, 1.807) is 0 Å². The lowest BCUT2D eigenvalue weighted by atomic mass is 10.0. The van der Waals surface area contributed by atoms with Gasteiger partial charge in [-0.25, -0.2) is 0 Å². The second kappa shape index (κ2) is 8.84. The number of nitrogens with zero attached hydrogens (tertiary/aromatic N) is 4. The Bertz CT molecular complexity index is 652. The van der Waals surface area contributed by atoms with Crippen LogP contribution in [0.2, 0.25) is 0 Å². The van der Waals surface area contributed by atoms with Crippen LogP contribution in [0.3, 0.4) is 0 Å². The van der Waals surface area contributed by atoms with Gasteiger partial charge < -0.3 is 5.32 Å². The fourth-order valence-electron chi connectivity index (χ4n) is 2.76. The van der Waals surface area contributed by atoms with Gasteiger partial charge in [0.1, 0.15) is 11.7 Å². The van der Waals surface area contributed by atoms with Crippen LogP contribution >= 0.6 is 0 Å². The molecule has 0 aromatic carbocycles. The molecule has 1 unspecified atom stereocenters. The molecule has 10 nitrogen and oxygen atoms in total. The number of nitrogens with one attached hydrogen (secondary N) is 2. The molecule has 0 bridgehead atoms. The number of rotatable bonds is 9. The van der Waals surface area contributed by atoms with Crippen molar-refractivity contribution in [3.05, 3.63) is 22.2 Å². The molecule has 134 valence electrons. The van der Waals surface area contributed by atoms with Gasteiger partial charge in [0, 0.05) is 30.5 Å². The molecule has 10 heteroatoms. The Morgan fingerprint density at radius 3 is 2.72 bits per heavy atom. The van der Waals surface area contributed by atoms with Gasteiger partial charge in [-0.1, -0.05) is 18.0 Å². The van der Waals surface area contributed by atoms with Gasteiger partial charge >= 0.3 is 0 Å². The maximum absolute atomic E-state index is 12.3. The highest BCUT2D eigenvalue weighted by Crippen LogP contribution is 2.20. The maximum atomic E-state index is 12.3. The standard InChI is InChI=1S/C15H20N6O4/c16-20-18-8-4-2-1-3-7-17-10-9-13(23)21(15(10)25)11-5-6-12(22)19-14(11)24/h9,11,17H,1-8H2,(H,19,22,24). The summed E-state index contributed by atoms with van der Waals surface area (Å²) in [6.07, 6.45) is 4.87. The predicted molar refractivity (Wildman–Crippen MR) is 86.6 cm³/mol. The minimum absolute atomic E-state index is 0.103. The number of piperidine rings is 1. The van der Waals surface area contributed by atoms with Crippen molar-refractivity contribution in [1.29, 1.82) is 0 Å². The molecule has 1 atom stereocenters. The lowest BCUT2D eigenvalue weighted by Crippen LogP contribution is -2.54. The summed E-state index contributed by atoms with van der Waals surface area (Å²) in [6, 6.07) is -0.936. The quantitative estimate of drug-likeness (QED) is 0.205. The van der Waals surface area contributed by atoms with Crippen molar-refractivity contribution in [2.75, 3.05) is 13.1 Å². The van der Waals surface area contributed by atoms with Crippen LogP contribution < -0.4 is 10.6 Å². The number of carbonyl (C=O) groups excluding carboxylic acids is 4. The molecule has 0 spiro atoms. The molecule has 0 radical (unpaired) electrons. The van der Waals surface area contributed by atoms with Crippen molar-refractivity contribution in [3.63, 3.8) is 0 Å². The van der Waals surface area contributed by atoms with E-state index in [-0.39, 0.29) is 18.5 Å². The fraction of sp³-hybridized carbons (Fsp3) is 0.600. The Balaban J connectivity index is 1.76. The van der Waals surface area contributed by atoms with Crippen LogP contribution in [0.1, 0.15) is 38.5 Å². The first-order valence-corrected chi connectivity index (χ1v) is 8.22. The van der Waals surface area contributed by atoms with Crippen molar-refractivity contribution in [2.45, 2.75) is 44.6 Å². The molecule has 0 aliphatic carbocycles. The van der Waals surface area contributed by atoms with Crippen molar-refractivity contribution in [3.8, 4) is 0 Å². The molecule has 2 rings (SSSR count). The summed E-state index contributed by atoms with van der Waals surface area (Å²) >= 11 is 0. The average Bonchev–Trinajstić information content (AvgIpc) is 2.85. The van der Waals surface area contributed by atoms with Crippen LogP contribution in [0.4, 0.5) is 0 Å². The maximum Gasteiger partial charge on any atom is 0.277 e. The number of hydrogen-bond donors (Lipinski definition) is 2. The number of amides is 4. The summed E-state index contributed by atoms with van der Waals surface area (Å²) in [7, 11) is 0. The number of azide groups is 1. The molecule has 2 N–H and O–H groups in total. The van der Waals surface area contributed by atoms with Crippen LogP contribution in [0, 0.1) is 0 Å². The highest BCUT2D eigenvalue weighted by molar-refractivity contribution is 6.18. The fourth-order valence-corrected chi connectivity index (χ4v) is 2.76. The molecule has 2 heterocycles. The summed E-state index contributed by atoms with van der Waals surface area (Å²) in [5.74, 6) is -2.10. The summed E-state index contributed by atoms with van der Waals surface area (Å²) in [6.45, 7) is 0.999. The first-order valence-electron chi connectivity index (χ1n) is 8.22. The number of carbonyl (C=O) groups is 4. The first kappa shape index (κ1) is 18.5. The van der Waals surface area contributed by atoms with Crippen molar-refractivity contribution >= 4 is 23.6 Å². The zero-order valence-electron chi connectivity index (χ0n) is 13.7. The third-order valence-corrected chi connectivity index (χ3v) is 4.04. The largest absolute Gasteiger partial charge is 0.380 e. The summed E-state index contributed by atoms with van der Waals surface area (Å²) in [4.78, 5) is 51.0. The number of unbranched alkanes of at least 4 members (excludes halogenated alkanes) is 3. The van der Waals surface area contributed by atoms with Gasteiger partial charge in [-0.05, 0) is 24.8 Å². The Kier molecular flexibility index (Phi) is 6.53. The van der Waals surface area contributed by atoms with E-state index in [0.29, 0.717) is 13.1 Å². The molecule has 1 fully saturated rings. The van der Waals surface area contributed by atoms with Crippen LogP contribution in [-0.4, -0.2) is 47.7 Å². The van der Waals surface area contributed by atoms with E-state index in [1.807, 2.05) is 0 Å². The second-order valence-electron chi connectivity index (χ2n) is 5.83. The Morgan fingerprint density at radius 2 is 2.00 bits per heavy atom. The van der Waals surface area contributed by atoms with Gasteiger partial charge in [-0.2, -0.15) is 0 Å². The van der Waals surface area contributed by atoms with Crippen molar-refractivity contribution in [1.82, 2.24) is 15.5 Å². The van der Waals surface area contributed by atoms with Gasteiger partial charge in [-0.15, -0.1) is 0 Å². The van der Waals surface area contributed by atoms with Gasteiger partial charge in [-0.3, -0.25) is 29.4 Å². The van der Waals surface area contributed by atoms with Crippen LogP contribution in [0.5, 0.6) is 0 Å². The average molecular weight is 348 g/mol. The third-order valence-electron chi connectivity index (χ3n) is 4.04. The van der Waals surface area contributed by atoms with Gasteiger partial charge in [0.25, 0.3) is 11.8 Å². The molecule has 0 aromatic rings. The molecule has 0 aromatic heterocycles. The van der Waals surface area contributed by atoms with Gasteiger partial charge in [0.15, 0.2) is 0 Å². The summed E-state index contributed by atoms with van der Waals surface area (Å²) in [5.41, 5.74) is 8.33. The Morgan fingerprint density at radius 1 is 1.24 bits per heavy atom. The van der Waals surface area contributed by atoms with E-state index >= 15 is 0 Å². The highest BCUT2D eigenvalue weighted by Gasteiger charge is 2.42. The van der Waals surface area contributed by atoms with E-state index in [0.717, 1.165) is 30.6 Å². The number of imide groups is 2. The summed E-state index contributed by atoms with van der Waals surface area (Å²) < 4.78 is 0. The molecule has 25 heavy (non-hydrogen) atoms. The predicted octanol–water partition coefficient (Wildman–Crippen LogP) is 0.505. The lowest BCUT2D eigenvalue weighted by Gasteiger charge is -2.28. The van der Waals surface area contributed by atoms with Crippen LogP contribution in [0.25, 0.3) is 10.4 Å². The smallest absolute Gasteiger partial charge is 0.277 e. The zero-order chi connectivity index (χ0) is 18.2. The summed E-state index contributed by atoms with van der Waals surface area (Å²) in [5, 5.41) is 8.52. The van der Waals surface area contributed by atoms with Gasteiger partial charge in [0.2, 0.25) is 11.8 Å². The monoisotopic (exact) mass is 348 g/mol.